The van der Waals surface area contributed by atoms with Gasteiger partial charge in [-0.15, -0.1) is 0 Å². The van der Waals surface area contributed by atoms with E-state index in [9.17, 15) is 32.9 Å². The van der Waals surface area contributed by atoms with Gasteiger partial charge in [0.25, 0.3) is 5.69 Å². The number of nitrogens with one attached hydrogen (secondary N) is 2. The molecule has 0 aliphatic carbocycles. The Balaban J connectivity index is 1.66. The maximum absolute atomic E-state index is 12.9. The summed E-state index contributed by atoms with van der Waals surface area (Å²) in [5, 5.41) is 16.5. The van der Waals surface area contributed by atoms with Gasteiger partial charge in [0.2, 0.25) is 5.91 Å². The number of piperidine rings is 1. The highest BCUT2D eigenvalue weighted by Gasteiger charge is 2.35. The zero-order valence-electron chi connectivity index (χ0n) is 16.7. The number of carbonyl (C=O) groups is 2. The summed E-state index contributed by atoms with van der Waals surface area (Å²) >= 11 is 0. The molecule has 1 fully saturated rings. The van der Waals surface area contributed by atoms with E-state index < -0.39 is 28.4 Å². The Kier molecular flexibility index (Phi) is 6.51. The molecule has 2 aromatic carbocycles. The van der Waals surface area contributed by atoms with Crippen molar-refractivity contribution in [1.29, 1.82) is 0 Å². The fourth-order valence-electron chi connectivity index (χ4n) is 3.56. The van der Waals surface area contributed by atoms with Gasteiger partial charge in [-0.3, -0.25) is 14.9 Å². The third-order valence-electron chi connectivity index (χ3n) is 5.10. The van der Waals surface area contributed by atoms with Crippen molar-refractivity contribution in [2.75, 3.05) is 28.6 Å². The van der Waals surface area contributed by atoms with E-state index in [-0.39, 0.29) is 30.6 Å². The van der Waals surface area contributed by atoms with Crippen LogP contribution in [0.5, 0.6) is 0 Å². The summed E-state index contributed by atoms with van der Waals surface area (Å²) in [5.41, 5.74) is 4.33. The van der Waals surface area contributed by atoms with Crippen LogP contribution < -0.4 is 21.3 Å². The quantitative estimate of drug-likeness (QED) is 0.468. The maximum atomic E-state index is 12.9. The van der Waals surface area contributed by atoms with Gasteiger partial charge in [0.15, 0.2) is 0 Å². The zero-order chi connectivity index (χ0) is 23.5. The summed E-state index contributed by atoms with van der Waals surface area (Å²) in [6, 6.07) is 8.13. The summed E-state index contributed by atoms with van der Waals surface area (Å²) in [6.45, 7) is 0.543. The van der Waals surface area contributed by atoms with E-state index in [1.54, 1.807) is 29.2 Å². The Morgan fingerprint density at radius 3 is 2.25 bits per heavy atom. The Morgan fingerprint density at radius 1 is 1.06 bits per heavy atom. The van der Waals surface area contributed by atoms with Crippen LogP contribution in [0.3, 0.4) is 0 Å². The van der Waals surface area contributed by atoms with E-state index >= 15 is 0 Å². The van der Waals surface area contributed by atoms with Crippen LogP contribution in [-0.4, -0.2) is 30.0 Å². The third-order valence-corrected chi connectivity index (χ3v) is 5.10. The molecule has 1 aliphatic rings. The Bertz CT molecular complexity index is 1040. The summed E-state index contributed by atoms with van der Waals surface area (Å²) in [6.07, 6.45) is -3.95. The number of hydrogen-bond donors (Lipinski definition) is 3. The number of carbonyl (C=O) groups excluding carboxylic acids is 2. The van der Waals surface area contributed by atoms with Crippen molar-refractivity contribution >= 4 is 34.7 Å². The minimum Gasteiger partial charge on any atom is -0.366 e. The van der Waals surface area contributed by atoms with Crippen molar-refractivity contribution in [2.24, 2.45) is 11.7 Å². The summed E-state index contributed by atoms with van der Waals surface area (Å²) in [5.74, 6) is -0.643. The highest BCUT2D eigenvalue weighted by Crippen LogP contribution is 2.37. The average Bonchev–Trinajstić information content (AvgIpc) is 2.72. The first kappa shape index (κ1) is 22.8. The molecule has 0 aromatic heterocycles. The smallest absolute Gasteiger partial charge is 0.366 e. The SMILES string of the molecule is NC(=O)Nc1cccc(NC(=O)C2CCN(c3ccc(C(F)(F)F)cc3[N+](=O)[O-])CC2)c1. The molecule has 0 unspecified atom stereocenters. The van der Waals surface area contributed by atoms with Crippen LogP contribution in [0.4, 0.5) is 40.7 Å². The molecule has 0 bridgehead atoms. The van der Waals surface area contributed by atoms with Crippen molar-refractivity contribution in [1.82, 2.24) is 0 Å². The van der Waals surface area contributed by atoms with Gasteiger partial charge in [-0.05, 0) is 43.2 Å². The summed E-state index contributed by atoms with van der Waals surface area (Å²) < 4.78 is 38.7. The predicted octanol–water partition coefficient (Wildman–Crippen LogP) is 3.96. The average molecular weight is 451 g/mol. The molecule has 0 spiro atoms. The Morgan fingerprint density at radius 2 is 1.69 bits per heavy atom. The van der Waals surface area contributed by atoms with Gasteiger partial charge in [-0.2, -0.15) is 13.2 Å². The Hall–Kier alpha value is -3.83. The summed E-state index contributed by atoms with van der Waals surface area (Å²) in [7, 11) is 0. The van der Waals surface area contributed by atoms with Gasteiger partial charge in [0, 0.05) is 36.4 Å². The zero-order valence-corrected chi connectivity index (χ0v) is 16.7. The highest BCUT2D eigenvalue weighted by atomic mass is 19.4. The predicted molar refractivity (Wildman–Crippen MR) is 111 cm³/mol. The molecule has 1 saturated heterocycles. The first-order valence-corrected chi connectivity index (χ1v) is 9.62. The molecule has 1 heterocycles. The van der Waals surface area contributed by atoms with Crippen LogP contribution in [0, 0.1) is 16.0 Å². The highest BCUT2D eigenvalue weighted by molar-refractivity contribution is 5.94. The van der Waals surface area contributed by atoms with Gasteiger partial charge in [0.1, 0.15) is 5.69 Å². The number of nitro benzene ring substituents is 1. The number of benzene rings is 2. The van der Waals surface area contributed by atoms with E-state index in [4.69, 9.17) is 5.73 Å². The maximum Gasteiger partial charge on any atom is 0.416 e. The topological polar surface area (TPSA) is 131 Å². The van der Waals surface area contributed by atoms with E-state index in [2.05, 4.69) is 10.6 Å². The van der Waals surface area contributed by atoms with Crippen molar-refractivity contribution in [3.63, 3.8) is 0 Å². The van der Waals surface area contributed by atoms with Crippen LogP contribution >= 0.6 is 0 Å². The molecule has 3 rings (SSSR count). The van der Waals surface area contributed by atoms with Crippen molar-refractivity contribution in [2.45, 2.75) is 19.0 Å². The largest absolute Gasteiger partial charge is 0.416 e. The van der Waals surface area contributed by atoms with Crippen LogP contribution in [0.15, 0.2) is 42.5 Å². The van der Waals surface area contributed by atoms with Gasteiger partial charge in [-0.25, -0.2) is 4.79 Å². The number of rotatable bonds is 5. The van der Waals surface area contributed by atoms with E-state index in [0.717, 1.165) is 12.1 Å². The molecule has 0 saturated carbocycles. The number of nitrogens with two attached hydrogens (primary N) is 1. The monoisotopic (exact) mass is 451 g/mol. The van der Waals surface area contributed by atoms with Crippen LogP contribution in [-0.2, 0) is 11.0 Å². The van der Waals surface area contributed by atoms with Gasteiger partial charge in [-0.1, -0.05) is 6.07 Å². The lowest BCUT2D eigenvalue weighted by Gasteiger charge is -2.32. The first-order valence-electron chi connectivity index (χ1n) is 9.62. The molecular formula is C20H20F3N5O4. The molecule has 1 aliphatic heterocycles. The van der Waals surface area contributed by atoms with E-state index in [1.165, 1.54) is 0 Å². The van der Waals surface area contributed by atoms with Crippen molar-refractivity contribution < 1.29 is 27.7 Å². The Labute approximate surface area is 180 Å². The minimum absolute atomic E-state index is 0.0899. The fraction of sp³-hybridized carbons (Fsp3) is 0.300. The molecule has 4 N–H and O–H groups in total. The number of halogens is 3. The molecule has 2 aromatic rings. The molecule has 12 heteroatoms. The molecule has 3 amide bonds. The lowest BCUT2D eigenvalue weighted by Crippen LogP contribution is -2.38. The van der Waals surface area contributed by atoms with Gasteiger partial charge in [0.05, 0.1) is 10.5 Å². The lowest BCUT2D eigenvalue weighted by atomic mass is 9.95. The molecule has 9 nitrogen and oxygen atoms in total. The number of nitrogens with zero attached hydrogens (tertiary/aromatic N) is 2. The molecule has 170 valence electrons. The number of hydrogen-bond acceptors (Lipinski definition) is 5. The second kappa shape index (κ2) is 9.12. The number of amides is 3. The summed E-state index contributed by atoms with van der Waals surface area (Å²) in [4.78, 5) is 35.7. The number of anilines is 3. The second-order valence-corrected chi connectivity index (χ2v) is 7.28. The van der Waals surface area contributed by atoms with Crippen LogP contribution in [0.25, 0.3) is 0 Å². The van der Waals surface area contributed by atoms with Crippen molar-refractivity contribution in [3.8, 4) is 0 Å². The van der Waals surface area contributed by atoms with Crippen molar-refractivity contribution in [3.05, 3.63) is 58.1 Å². The molecule has 32 heavy (non-hydrogen) atoms. The van der Waals surface area contributed by atoms with E-state index in [0.29, 0.717) is 30.3 Å². The molecular weight excluding hydrogens is 431 g/mol. The number of alkyl halides is 3. The molecule has 0 radical (unpaired) electrons. The second-order valence-electron chi connectivity index (χ2n) is 7.28. The normalized spacial score (nSPS) is 14.7. The number of nitro groups is 1. The van der Waals surface area contributed by atoms with Gasteiger partial charge >= 0.3 is 12.2 Å². The van der Waals surface area contributed by atoms with Crippen LogP contribution in [0.1, 0.15) is 18.4 Å². The molecule has 0 atom stereocenters. The fourth-order valence-corrected chi connectivity index (χ4v) is 3.56. The number of primary amides is 1. The van der Waals surface area contributed by atoms with Gasteiger partial charge < -0.3 is 21.3 Å². The third kappa shape index (κ3) is 5.45. The minimum atomic E-state index is -4.68. The van der Waals surface area contributed by atoms with E-state index in [1.807, 2.05) is 0 Å². The van der Waals surface area contributed by atoms with Crippen LogP contribution in [0.2, 0.25) is 0 Å². The standard InChI is InChI=1S/C20H20F3N5O4/c21-20(22,23)13-4-5-16(17(10-13)28(31)32)27-8-6-12(7-9-27)18(29)25-14-2-1-3-15(11-14)26-19(24)30/h1-5,10-12H,6-9H2,(H,25,29)(H3,24,26,30). The number of urea groups is 1. The first-order chi connectivity index (χ1) is 15.0. The lowest BCUT2D eigenvalue weighted by molar-refractivity contribution is -0.384.